The fourth-order valence-electron chi connectivity index (χ4n) is 1.55. The molecule has 0 aromatic heterocycles. The van der Waals surface area contributed by atoms with Gasteiger partial charge < -0.3 is 15.7 Å². The van der Waals surface area contributed by atoms with Crippen LogP contribution < -0.4 is 10.6 Å². The van der Waals surface area contributed by atoms with Crippen LogP contribution in [-0.2, 0) is 0 Å². The van der Waals surface area contributed by atoms with Gasteiger partial charge in [0, 0.05) is 5.75 Å². The highest BCUT2D eigenvalue weighted by Crippen LogP contribution is 2.28. The molecule has 4 nitrogen and oxygen atoms in total. The molecule has 2 rings (SSSR count). The van der Waals surface area contributed by atoms with E-state index in [9.17, 15) is 4.79 Å². The van der Waals surface area contributed by atoms with Crippen molar-refractivity contribution in [3.05, 3.63) is 0 Å². The van der Waals surface area contributed by atoms with Crippen LogP contribution in [0.2, 0.25) is 0 Å². The lowest BCUT2D eigenvalue weighted by molar-refractivity contribution is 0.245. The summed E-state index contributed by atoms with van der Waals surface area (Å²) in [5.41, 5.74) is 0. The number of aliphatic hydroxyl groups is 1. The average Bonchev–Trinajstić information content (AvgIpc) is 2.45. The molecular formula is C6H10N2O2S. The molecule has 2 saturated heterocycles. The van der Waals surface area contributed by atoms with Gasteiger partial charge in [-0.3, -0.25) is 0 Å². The molecule has 11 heavy (non-hydrogen) atoms. The molecule has 62 valence electrons. The minimum atomic E-state index is -0.0984. The standard InChI is InChI=1S/C6H10N2O2S/c9-1-4-5-3(2-11-4)7-6(10)8-5/h3-5,9H,1-2H2,(H2,7,8,10)/t3?,4?,5-/m0/s1. The van der Waals surface area contributed by atoms with Crippen LogP contribution in [0.1, 0.15) is 0 Å². The van der Waals surface area contributed by atoms with Crippen LogP contribution in [0.3, 0.4) is 0 Å². The molecule has 0 bridgehead atoms. The van der Waals surface area contributed by atoms with Crippen LogP contribution in [0.25, 0.3) is 0 Å². The summed E-state index contributed by atoms with van der Waals surface area (Å²) in [6.45, 7) is 0.147. The predicted molar refractivity (Wildman–Crippen MR) is 42.6 cm³/mol. The third-order valence-corrected chi connectivity index (χ3v) is 3.54. The third kappa shape index (κ3) is 1.08. The maximum atomic E-state index is 10.8. The molecule has 2 fully saturated rings. The molecule has 5 heteroatoms. The first-order valence-corrected chi connectivity index (χ1v) is 4.65. The van der Waals surface area contributed by atoms with Gasteiger partial charge in [-0.25, -0.2) is 4.79 Å². The van der Waals surface area contributed by atoms with E-state index in [1.807, 2.05) is 0 Å². The Hall–Kier alpha value is -0.420. The van der Waals surface area contributed by atoms with Gasteiger partial charge in [-0.1, -0.05) is 0 Å². The lowest BCUT2D eigenvalue weighted by Gasteiger charge is -2.12. The van der Waals surface area contributed by atoms with Gasteiger partial charge in [-0.15, -0.1) is 0 Å². The number of carbonyl (C=O) groups excluding carboxylic acids is 1. The van der Waals surface area contributed by atoms with Crippen molar-refractivity contribution < 1.29 is 9.90 Å². The van der Waals surface area contributed by atoms with Crippen molar-refractivity contribution in [2.45, 2.75) is 17.3 Å². The fraction of sp³-hybridized carbons (Fsp3) is 0.833. The van der Waals surface area contributed by atoms with Crippen LogP contribution in [-0.4, -0.2) is 40.8 Å². The van der Waals surface area contributed by atoms with E-state index in [4.69, 9.17) is 5.11 Å². The van der Waals surface area contributed by atoms with Crippen molar-refractivity contribution >= 4 is 17.8 Å². The number of nitrogens with one attached hydrogen (secondary N) is 2. The van der Waals surface area contributed by atoms with Gasteiger partial charge >= 0.3 is 6.03 Å². The number of rotatable bonds is 1. The van der Waals surface area contributed by atoms with E-state index in [-0.39, 0.29) is 30.0 Å². The number of hydrogen-bond donors (Lipinski definition) is 3. The van der Waals surface area contributed by atoms with Gasteiger partial charge in [0.05, 0.1) is 23.9 Å². The number of thioether (sulfide) groups is 1. The highest BCUT2D eigenvalue weighted by molar-refractivity contribution is 8.00. The molecule has 2 aliphatic rings. The normalized spacial score (nSPS) is 41.5. The molecule has 2 unspecified atom stereocenters. The Morgan fingerprint density at radius 2 is 2.45 bits per heavy atom. The summed E-state index contributed by atoms with van der Waals surface area (Å²) in [5.74, 6) is 0.911. The molecule has 2 heterocycles. The van der Waals surface area contributed by atoms with Gasteiger partial charge in [0.1, 0.15) is 0 Å². The molecule has 0 aromatic rings. The molecular weight excluding hydrogens is 164 g/mol. The zero-order valence-corrected chi connectivity index (χ0v) is 6.73. The zero-order valence-electron chi connectivity index (χ0n) is 5.91. The van der Waals surface area contributed by atoms with E-state index in [2.05, 4.69) is 10.6 Å². The van der Waals surface area contributed by atoms with Gasteiger partial charge in [-0.2, -0.15) is 11.8 Å². The lowest BCUT2D eigenvalue weighted by atomic mass is 10.1. The van der Waals surface area contributed by atoms with Crippen LogP contribution in [0.15, 0.2) is 0 Å². The molecule has 0 saturated carbocycles. The van der Waals surface area contributed by atoms with Gasteiger partial charge in [0.2, 0.25) is 0 Å². The molecule has 2 aliphatic heterocycles. The van der Waals surface area contributed by atoms with Crippen LogP contribution >= 0.6 is 11.8 Å². The van der Waals surface area contributed by atoms with Crippen LogP contribution in [0, 0.1) is 0 Å². The summed E-state index contributed by atoms with van der Waals surface area (Å²) in [5, 5.41) is 14.7. The van der Waals surface area contributed by atoms with E-state index in [0.29, 0.717) is 0 Å². The van der Waals surface area contributed by atoms with E-state index in [1.165, 1.54) is 0 Å². The Morgan fingerprint density at radius 1 is 1.64 bits per heavy atom. The van der Waals surface area contributed by atoms with Crippen molar-refractivity contribution in [3.8, 4) is 0 Å². The van der Waals surface area contributed by atoms with Crippen LogP contribution in [0.5, 0.6) is 0 Å². The fourth-order valence-corrected chi connectivity index (χ4v) is 2.86. The van der Waals surface area contributed by atoms with Crippen molar-refractivity contribution in [2.75, 3.05) is 12.4 Å². The Kier molecular flexibility index (Phi) is 1.69. The second-order valence-electron chi connectivity index (χ2n) is 2.80. The Labute approximate surface area is 68.7 Å². The third-order valence-electron chi connectivity index (χ3n) is 2.12. The number of urea groups is 1. The first-order chi connectivity index (χ1) is 5.31. The Balaban J connectivity index is 2.07. The topological polar surface area (TPSA) is 61.4 Å². The first-order valence-electron chi connectivity index (χ1n) is 3.61. The predicted octanol–water partition coefficient (Wildman–Crippen LogP) is -0.856. The zero-order chi connectivity index (χ0) is 7.84. The number of aliphatic hydroxyl groups excluding tert-OH is 1. The lowest BCUT2D eigenvalue weighted by Crippen LogP contribution is -2.38. The second-order valence-corrected chi connectivity index (χ2v) is 4.08. The smallest absolute Gasteiger partial charge is 0.315 e. The minimum Gasteiger partial charge on any atom is -0.395 e. The van der Waals surface area contributed by atoms with E-state index in [0.717, 1.165) is 5.75 Å². The summed E-state index contributed by atoms with van der Waals surface area (Å²) in [6, 6.07) is 0.265. The molecule has 2 amide bonds. The largest absolute Gasteiger partial charge is 0.395 e. The summed E-state index contributed by atoms with van der Waals surface area (Å²) in [6.07, 6.45) is 0. The second kappa shape index (κ2) is 2.57. The maximum absolute atomic E-state index is 10.8. The Morgan fingerprint density at radius 3 is 3.18 bits per heavy atom. The van der Waals surface area contributed by atoms with Crippen molar-refractivity contribution in [1.82, 2.24) is 10.6 Å². The van der Waals surface area contributed by atoms with Crippen molar-refractivity contribution in [3.63, 3.8) is 0 Å². The van der Waals surface area contributed by atoms with Crippen molar-refractivity contribution in [1.29, 1.82) is 0 Å². The summed E-state index contributed by atoms with van der Waals surface area (Å²) >= 11 is 1.71. The highest BCUT2D eigenvalue weighted by atomic mass is 32.2. The van der Waals surface area contributed by atoms with Gasteiger partial charge in [0.25, 0.3) is 0 Å². The molecule has 0 radical (unpaired) electrons. The van der Waals surface area contributed by atoms with E-state index >= 15 is 0 Å². The molecule has 0 spiro atoms. The maximum Gasteiger partial charge on any atom is 0.315 e. The molecule has 3 N–H and O–H groups in total. The number of fused-ring (bicyclic) bond motifs is 1. The quantitative estimate of drug-likeness (QED) is 0.453. The molecule has 0 aromatic carbocycles. The van der Waals surface area contributed by atoms with Crippen LogP contribution in [0.4, 0.5) is 4.79 Å². The Bertz CT molecular complexity index is 187. The molecule has 0 aliphatic carbocycles. The van der Waals surface area contributed by atoms with Gasteiger partial charge in [0.15, 0.2) is 0 Å². The number of amides is 2. The monoisotopic (exact) mass is 174 g/mol. The van der Waals surface area contributed by atoms with E-state index in [1.54, 1.807) is 11.8 Å². The highest BCUT2D eigenvalue weighted by Gasteiger charge is 2.42. The number of carbonyl (C=O) groups is 1. The summed E-state index contributed by atoms with van der Waals surface area (Å²) in [7, 11) is 0. The first kappa shape index (κ1) is 7.24. The SMILES string of the molecule is O=C1NC2CSC(CO)[C@H]2N1. The summed E-state index contributed by atoms with van der Waals surface area (Å²) < 4.78 is 0. The van der Waals surface area contributed by atoms with Crippen molar-refractivity contribution in [2.24, 2.45) is 0 Å². The number of hydrogen-bond acceptors (Lipinski definition) is 3. The molecule has 3 atom stereocenters. The average molecular weight is 174 g/mol. The summed E-state index contributed by atoms with van der Waals surface area (Å²) in [4.78, 5) is 10.8. The van der Waals surface area contributed by atoms with E-state index < -0.39 is 0 Å². The van der Waals surface area contributed by atoms with Gasteiger partial charge in [-0.05, 0) is 0 Å². The minimum absolute atomic E-state index is 0.0984.